The molecule has 2 N–H and O–H groups in total. The molecule has 2 atom stereocenters. The van der Waals surface area contributed by atoms with E-state index in [0.29, 0.717) is 6.54 Å². The van der Waals surface area contributed by atoms with E-state index in [1.165, 1.54) is 6.26 Å². The van der Waals surface area contributed by atoms with Crippen LogP contribution in [0.3, 0.4) is 0 Å². The minimum Gasteiger partial charge on any atom is -0.392 e. The summed E-state index contributed by atoms with van der Waals surface area (Å²) in [5.74, 6) is 0.149. The van der Waals surface area contributed by atoms with Gasteiger partial charge in [-0.25, -0.2) is 8.42 Å². The summed E-state index contributed by atoms with van der Waals surface area (Å²) in [6, 6.07) is 0.0884. The molecule has 1 rings (SSSR count). The summed E-state index contributed by atoms with van der Waals surface area (Å²) in [5.41, 5.74) is 0. The first-order valence-corrected chi connectivity index (χ1v) is 7.14. The third-order valence-electron chi connectivity index (χ3n) is 2.61. The summed E-state index contributed by atoms with van der Waals surface area (Å²) in [7, 11) is -2.89. The van der Waals surface area contributed by atoms with Gasteiger partial charge >= 0.3 is 0 Å². The second-order valence-corrected chi connectivity index (χ2v) is 6.30. The van der Waals surface area contributed by atoms with Crippen LogP contribution in [0.1, 0.15) is 25.7 Å². The zero-order valence-electron chi connectivity index (χ0n) is 8.57. The summed E-state index contributed by atoms with van der Waals surface area (Å²) in [6.07, 6.45) is 4.90. The van der Waals surface area contributed by atoms with Gasteiger partial charge in [0.25, 0.3) is 0 Å². The first kappa shape index (κ1) is 11.9. The van der Waals surface area contributed by atoms with Crippen molar-refractivity contribution in [3.8, 4) is 0 Å². The van der Waals surface area contributed by atoms with Crippen molar-refractivity contribution in [2.75, 3.05) is 18.6 Å². The van der Waals surface area contributed by atoms with Crippen LogP contribution in [-0.4, -0.2) is 44.2 Å². The summed E-state index contributed by atoms with van der Waals surface area (Å²) >= 11 is 0. The van der Waals surface area contributed by atoms with Gasteiger partial charge in [0.2, 0.25) is 0 Å². The molecular formula is C9H19NO3S. The van der Waals surface area contributed by atoms with Crippen molar-refractivity contribution in [3.63, 3.8) is 0 Å². The van der Waals surface area contributed by atoms with Crippen LogP contribution < -0.4 is 5.32 Å². The SMILES string of the molecule is CS(=O)(=O)CCNC1CCCCC1O. The number of hydrogen-bond donors (Lipinski definition) is 2. The fourth-order valence-corrected chi connectivity index (χ4v) is 2.27. The van der Waals surface area contributed by atoms with Crippen molar-refractivity contribution in [2.45, 2.75) is 37.8 Å². The fraction of sp³-hybridized carbons (Fsp3) is 1.00. The molecule has 5 heteroatoms. The highest BCUT2D eigenvalue weighted by atomic mass is 32.2. The van der Waals surface area contributed by atoms with Crippen molar-refractivity contribution >= 4 is 9.84 Å². The molecular weight excluding hydrogens is 202 g/mol. The highest BCUT2D eigenvalue weighted by Gasteiger charge is 2.22. The highest BCUT2D eigenvalue weighted by molar-refractivity contribution is 7.90. The van der Waals surface area contributed by atoms with Crippen molar-refractivity contribution in [1.29, 1.82) is 0 Å². The molecule has 0 bridgehead atoms. The molecule has 14 heavy (non-hydrogen) atoms. The van der Waals surface area contributed by atoms with Crippen LogP contribution in [0.25, 0.3) is 0 Å². The van der Waals surface area contributed by atoms with Gasteiger partial charge in [-0.05, 0) is 12.8 Å². The maximum Gasteiger partial charge on any atom is 0.148 e. The average Bonchev–Trinajstić information content (AvgIpc) is 2.06. The number of hydrogen-bond acceptors (Lipinski definition) is 4. The lowest BCUT2D eigenvalue weighted by Crippen LogP contribution is -2.43. The Morgan fingerprint density at radius 2 is 2.00 bits per heavy atom. The molecule has 0 saturated heterocycles. The molecule has 0 aromatic carbocycles. The van der Waals surface area contributed by atoms with Crippen LogP contribution in [-0.2, 0) is 9.84 Å². The molecule has 0 aromatic heterocycles. The van der Waals surface area contributed by atoms with E-state index in [2.05, 4.69) is 5.32 Å². The normalized spacial score (nSPS) is 29.0. The molecule has 84 valence electrons. The second kappa shape index (κ2) is 5.09. The first-order valence-electron chi connectivity index (χ1n) is 5.08. The third-order valence-corrected chi connectivity index (χ3v) is 3.55. The van der Waals surface area contributed by atoms with Crippen LogP contribution in [0, 0.1) is 0 Å². The van der Waals surface area contributed by atoms with Gasteiger partial charge in [-0.1, -0.05) is 12.8 Å². The Kier molecular flexibility index (Phi) is 4.34. The van der Waals surface area contributed by atoms with E-state index in [1.807, 2.05) is 0 Å². The smallest absolute Gasteiger partial charge is 0.148 e. The lowest BCUT2D eigenvalue weighted by Gasteiger charge is -2.28. The van der Waals surface area contributed by atoms with Gasteiger partial charge in [-0.15, -0.1) is 0 Å². The molecule has 1 saturated carbocycles. The molecule has 4 nitrogen and oxygen atoms in total. The Hall–Kier alpha value is -0.130. The van der Waals surface area contributed by atoms with Crippen molar-refractivity contribution in [3.05, 3.63) is 0 Å². The van der Waals surface area contributed by atoms with E-state index in [-0.39, 0.29) is 17.9 Å². The maximum absolute atomic E-state index is 10.9. The monoisotopic (exact) mass is 221 g/mol. The standard InChI is InChI=1S/C9H19NO3S/c1-14(12,13)7-6-10-8-4-2-3-5-9(8)11/h8-11H,2-7H2,1H3. The number of nitrogens with one attached hydrogen (secondary N) is 1. The van der Waals surface area contributed by atoms with E-state index in [4.69, 9.17) is 0 Å². The lowest BCUT2D eigenvalue weighted by atomic mass is 9.93. The molecule has 1 aliphatic carbocycles. The van der Waals surface area contributed by atoms with Crippen LogP contribution in [0.5, 0.6) is 0 Å². The molecule has 1 aliphatic rings. The van der Waals surface area contributed by atoms with Gasteiger partial charge in [0, 0.05) is 18.8 Å². The molecule has 0 heterocycles. The fourth-order valence-electron chi connectivity index (χ4n) is 1.78. The number of rotatable bonds is 4. The zero-order valence-corrected chi connectivity index (χ0v) is 9.39. The Morgan fingerprint density at radius 3 is 2.57 bits per heavy atom. The minimum absolute atomic E-state index is 0.0884. The summed E-state index contributed by atoms with van der Waals surface area (Å²) in [4.78, 5) is 0. The molecule has 0 aromatic rings. The molecule has 0 spiro atoms. The van der Waals surface area contributed by atoms with Gasteiger partial charge in [-0.3, -0.25) is 0 Å². The van der Waals surface area contributed by atoms with Gasteiger partial charge in [0.15, 0.2) is 0 Å². The van der Waals surface area contributed by atoms with Crippen LogP contribution in [0.2, 0.25) is 0 Å². The van der Waals surface area contributed by atoms with E-state index >= 15 is 0 Å². The molecule has 0 amide bonds. The van der Waals surface area contributed by atoms with Crippen molar-refractivity contribution in [2.24, 2.45) is 0 Å². The number of sulfone groups is 1. The minimum atomic E-state index is -2.89. The van der Waals surface area contributed by atoms with E-state index < -0.39 is 9.84 Å². The predicted octanol–water partition coefficient (Wildman–Crippen LogP) is -0.0759. The Bertz CT molecular complexity index is 263. The average molecular weight is 221 g/mol. The Labute approximate surface area is 85.6 Å². The Balaban J connectivity index is 2.23. The second-order valence-electron chi connectivity index (χ2n) is 4.04. The molecule has 0 aliphatic heterocycles. The zero-order chi connectivity index (χ0) is 10.6. The number of aliphatic hydroxyl groups is 1. The first-order chi connectivity index (χ1) is 6.49. The van der Waals surface area contributed by atoms with Gasteiger partial charge < -0.3 is 10.4 Å². The van der Waals surface area contributed by atoms with Gasteiger partial charge in [0.05, 0.1) is 11.9 Å². The van der Waals surface area contributed by atoms with Crippen LogP contribution >= 0.6 is 0 Å². The Morgan fingerprint density at radius 1 is 1.36 bits per heavy atom. The molecule has 2 unspecified atom stereocenters. The molecule has 0 radical (unpaired) electrons. The van der Waals surface area contributed by atoms with E-state index in [9.17, 15) is 13.5 Å². The number of aliphatic hydroxyl groups excluding tert-OH is 1. The molecule has 1 fully saturated rings. The van der Waals surface area contributed by atoms with Gasteiger partial charge in [0.1, 0.15) is 9.84 Å². The van der Waals surface area contributed by atoms with E-state index in [1.54, 1.807) is 0 Å². The largest absolute Gasteiger partial charge is 0.392 e. The van der Waals surface area contributed by atoms with Crippen LogP contribution in [0.4, 0.5) is 0 Å². The quantitative estimate of drug-likeness (QED) is 0.697. The van der Waals surface area contributed by atoms with Crippen molar-refractivity contribution in [1.82, 2.24) is 5.32 Å². The van der Waals surface area contributed by atoms with E-state index in [0.717, 1.165) is 25.7 Å². The highest BCUT2D eigenvalue weighted by Crippen LogP contribution is 2.17. The lowest BCUT2D eigenvalue weighted by molar-refractivity contribution is 0.0921. The predicted molar refractivity (Wildman–Crippen MR) is 56.0 cm³/mol. The summed E-state index contributed by atoms with van der Waals surface area (Å²) in [6.45, 7) is 0.445. The topological polar surface area (TPSA) is 66.4 Å². The maximum atomic E-state index is 10.9. The summed E-state index contributed by atoms with van der Waals surface area (Å²) in [5, 5.41) is 12.7. The van der Waals surface area contributed by atoms with Gasteiger partial charge in [-0.2, -0.15) is 0 Å². The summed E-state index contributed by atoms with van der Waals surface area (Å²) < 4.78 is 21.7. The van der Waals surface area contributed by atoms with Crippen molar-refractivity contribution < 1.29 is 13.5 Å². The third kappa shape index (κ3) is 4.39. The van der Waals surface area contributed by atoms with Crippen LogP contribution in [0.15, 0.2) is 0 Å².